The van der Waals surface area contributed by atoms with Crippen molar-refractivity contribution in [2.45, 2.75) is 6.42 Å². The van der Waals surface area contributed by atoms with E-state index < -0.39 is 0 Å². The first-order valence-corrected chi connectivity index (χ1v) is 4.66. The lowest BCUT2D eigenvalue weighted by Gasteiger charge is -2.06. The number of ether oxygens (including phenoxy) is 1. The largest absolute Gasteiger partial charge is 0.495 e. The zero-order valence-electron chi connectivity index (χ0n) is 8.69. The number of nitrogens with one attached hydrogen (secondary N) is 1. The molecule has 0 saturated carbocycles. The van der Waals surface area contributed by atoms with Crippen LogP contribution in [0.25, 0.3) is 0 Å². The molecule has 1 N–H and O–H groups in total. The minimum absolute atomic E-state index is 0.176. The Balaban J connectivity index is 2.49. The Hall–Kier alpha value is -1.84. The zero-order valence-corrected chi connectivity index (χ0v) is 8.69. The van der Waals surface area contributed by atoms with Crippen LogP contribution in [0.4, 0.5) is 0 Å². The van der Waals surface area contributed by atoms with E-state index in [0.717, 1.165) is 11.4 Å². The monoisotopic (exact) mass is 206 g/mol. The van der Waals surface area contributed by atoms with Crippen molar-refractivity contribution >= 4 is 5.91 Å². The molecular formula is C11H14N2O2. The molecule has 4 heteroatoms. The summed E-state index contributed by atoms with van der Waals surface area (Å²) in [5.74, 6) is 0.565. The van der Waals surface area contributed by atoms with Crippen LogP contribution in [0.5, 0.6) is 5.75 Å². The summed E-state index contributed by atoms with van der Waals surface area (Å²) in [5.41, 5.74) is 0.837. The average molecular weight is 206 g/mol. The van der Waals surface area contributed by atoms with E-state index in [4.69, 9.17) is 4.74 Å². The van der Waals surface area contributed by atoms with E-state index in [1.165, 1.54) is 6.08 Å². The van der Waals surface area contributed by atoms with Gasteiger partial charge in [-0.25, -0.2) is 0 Å². The number of nitrogens with zero attached hydrogens (tertiary/aromatic N) is 1. The van der Waals surface area contributed by atoms with Crippen LogP contribution >= 0.6 is 0 Å². The van der Waals surface area contributed by atoms with Gasteiger partial charge in [-0.2, -0.15) is 0 Å². The third-order valence-corrected chi connectivity index (χ3v) is 1.91. The lowest BCUT2D eigenvalue weighted by molar-refractivity contribution is -0.116. The molecule has 1 rings (SSSR count). The van der Waals surface area contributed by atoms with Gasteiger partial charge in [-0.1, -0.05) is 6.58 Å². The van der Waals surface area contributed by atoms with E-state index in [0.29, 0.717) is 13.0 Å². The van der Waals surface area contributed by atoms with Crippen LogP contribution in [0.2, 0.25) is 0 Å². The number of hydrogen-bond acceptors (Lipinski definition) is 3. The number of carbonyl (C=O) groups excluding carboxylic acids is 1. The second-order valence-electron chi connectivity index (χ2n) is 2.90. The van der Waals surface area contributed by atoms with Crippen molar-refractivity contribution in [3.8, 4) is 5.75 Å². The fourth-order valence-electron chi connectivity index (χ4n) is 1.17. The van der Waals surface area contributed by atoms with Crippen LogP contribution < -0.4 is 10.1 Å². The van der Waals surface area contributed by atoms with Crippen molar-refractivity contribution in [3.63, 3.8) is 0 Å². The highest BCUT2D eigenvalue weighted by atomic mass is 16.5. The number of amides is 1. The maximum Gasteiger partial charge on any atom is 0.243 e. The van der Waals surface area contributed by atoms with Gasteiger partial charge < -0.3 is 10.1 Å². The molecule has 0 saturated heterocycles. The maximum absolute atomic E-state index is 10.9. The summed E-state index contributed by atoms with van der Waals surface area (Å²) < 4.78 is 5.13. The molecule has 0 spiro atoms. The highest BCUT2D eigenvalue weighted by Gasteiger charge is 2.03. The normalized spacial score (nSPS) is 9.40. The van der Waals surface area contributed by atoms with Gasteiger partial charge in [0.25, 0.3) is 0 Å². The van der Waals surface area contributed by atoms with Crippen LogP contribution in [-0.2, 0) is 11.2 Å². The van der Waals surface area contributed by atoms with Crippen LogP contribution in [-0.4, -0.2) is 24.5 Å². The molecule has 80 valence electrons. The van der Waals surface area contributed by atoms with Gasteiger partial charge in [0.05, 0.1) is 12.8 Å². The van der Waals surface area contributed by atoms with Crippen LogP contribution in [0.15, 0.2) is 31.0 Å². The van der Waals surface area contributed by atoms with Crippen LogP contribution in [0.3, 0.4) is 0 Å². The van der Waals surface area contributed by atoms with E-state index in [9.17, 15) is 4.79 Å². The molecule has 1 aromatic rings. The van der Waals surface area contributed by atoms with Crippen molar-refractivity contribution < 1.29 is 9.53 Å². The summed E-state index contributed by atoms with van der Waals surface area (Å²) in [4.78, 5) is 15.0. The summed E-state index contributed by atoms with van der Waals surface area (Å²) in [7, 11) is 1.60. The predicted molar refractivity (Wildman–Crippen MR) is 57.7 cm³/mol. The zero-order chi connectivity index (χ0) is 11.1. The lowest BCUT2D eigenvalue weighted by atomic mass is 10.2. The van der Waals surface area contributed by atoms with Crippen molar-refractivity contribution in [1.82, 2.24) is 10.3 Å². The third-order valence-electron chi connectivity index (χ3n) is 1.91. The predicted octanol–water partition coefficient (Wildman–Crippen LogP) is 0.935. The minimum atomic E-state index is -0.176. The number of aromatic nitrogens is 1. The molecule has 1 heterocycles. The molecule has 0 aliphatic carbocycles. The van der Waals surface area contributed by atoms with Crippen LogP contribution in [0, 0.1) is 0 Å². The molecule has 0 aliphatic heterocycles. The summed E-state index contributed by atoms with van der Waals surface area (Å²) in [6.07, 6.45) is 3.59. The fourth-order valence-corrected chi connectivity index (χ4v) is 1.17. The Kier molecular flexibility index (Phi) is 4.34. The van der Waals surface area contributed by atoms with E-state index in [1.807, 2.05) is 12.1 Å². The van der Waals surface area contributed by atoms with Crippen molar-refractivity contribution in [2.75, 3.05) is 13.7 Å². The second-order valence-corrected chi connectivity index (χ2v) is 2.90. The van der Waals surface area contributed by atoms with Gasteiger partial charge in [-0.3, -0.25) is 9.78 Å². The van der Waals surface area contributed by atoms with Gasteiger partial charge in [-0.05, 0) is 18.2 Å². The molecule has 0 fully saturated rings. The number of rotatable bonds is 5. The summed E-state index contributed by atoms with van der Waals surface area (Å²) in [5, 5.41) is 2.68. The quantitative estimate of drug-likeness (QED) is 0.729. The fraction of sp³-hybridized carbons (Fsp3) is 0.273. The molecule has 0 radical (unpaired) electrons. The first-order valence-electron chi connectivity index (χ1n) is 4.66. The van der Waals surface area contributed by atoms with E-state index in [2.05, 4.69) is 16.9 Å². The summed E-state index contributed by atoms with van der Waals surface area (Å²) in [6.45, 7) is 3.89. The van der Waals surface area contributed by atoms with E-state index in [1.54, 1.807) is 13.3 Å². The Labute approximate surface area is 89.0 Å². The van der Waals surface area contributed by atoms with Gasteiger partial charge in [0.15, 0.2) is 0 Å². The molecule has 0 unspecified atom stereocenters. The van der Waals surface area contributed by atoms with Crippen molar-refractivity contribution in [2.24, 2.45) is 0 Å². The van der Waals surface area contributed by atoms with Crippen LogP contribution in [0.1, 0.15) is 5.69 Å². The molecule has 0 aliphatic rings. The first kappa shape index (κ1) is 11.2. The van der Waals surface area contributed by atoms with Gasteiger partial charge >= 0.3 is 0 Å². The van der Waals surface area contributed by atoms with Crippen molar-refractivity contribution in [3.05, 3.63) is 36.7 Å². The molecular weight excluding hydrogens is 192 g/mol. The Morgan fingerprint density at radius 3 is 3.20 bits per heavy atom. The number of hydrogen-bond donors (Lipinski definition) is 1. The molecule has 0 bridgehead atoms. The Bertz CT molecular complexity index is 350. The molecule has 1 aromatic heterocycles. The number of pyridine rings is 1. The SMILES string of the molecule is C=CC(=O)NCCc1ncccc1OC. The van der Waals surface area contributed by atoms with Gasteiger partial charge in [0.1, 0.15) is 5.75 Å². The second kappa shape index (κ2) is 5.80. The summed E-state index contributed by atoms with van der Waals surface area (Å²) in [6, 6.07) is 3.66. The molecule has 0 aromatic carbocycles. The highest BCUT2D eigenvalue weighted by molar-refractivity contribution is 5.86. The Morgan fingerprint density at radius 2 is 2.53 bits per heavy atom. The average Bonchev–Trinajstić information content (AvgIpc) is 2.29. The molecule has 4 nitrogen and oxygen atoms in total. The topological polar surface area (TPSA) is 51.2 Å². The smallest absolute Gasteiger partial charge is 0.243 e. The standard InChI is InChI=1S/C11H14N2O2/c1-3-11(14)13-8-6-9-10(15-2)5-4-7-12-9/h3-5,7H,1,6,8H2,2H3,(H,13,14). The molecule has 15 heavy (non-hydrogen) atoms. The van der Waals surface area contributed by atoms with Crippen molar-refractivity contribution in [1.29, 1.82) is 0 Å². The Morgan fingerprint density at radius 1 is 1.73 bits per heavy atom. The summed E-state index contributed by atoms with van der Waals surface area (Å²) >= 11 is 0. The minimum Gasteiger partial charge on any atom is -0.495 e. The van der Waals surface area contributed by atoms with Gasteiger partial charge in [0.2, 0.25) is 5.91 Å². The number of methoxy groups -OCH3 is 1. The highest BCUT2D eigenvalue weighted by Crippen LogP contribution is 2.14. The molecule has 1 amide bonds. The van der Waals surface area contributed by atoms with E-state index >= 15 is 0 Å². The maximum atomic E-state index is 10.9. The number of carbonyl (C=O) groups is 1. The third kappa shape index (κ3) is 3.42. The molecule has 0 atom stereocenters. The lowest BCUT2D eigenvalue weighted by Crippen LogP contribution is -2.23. The van der Waals surface area contributed by atoms with E-state index in [-0.39, 0.29) is 5.91 Å². The first-order chi connectivity index (χ1) is 7.27. The van der Waals surface area contributed by atoms with Gasteiger partial charge in [0, 0.05) is 19.2 Å². The van der Waals surface area contributed by atoms with Gasteiger partial charge in [-0.15, -0.1) is 0 Å².